The Balaban J connectivity index is 1.55. The molecule has 7 nitrogen and oxygen atoms in total. The fraction of sp³-hybridized carbons (Fsp3) is 0.143. The topological polar surface area (TPSA) is 106 Å². The minimum atomic E-state index is -0.161. The van der Waals surface area contributed by atoms with Crippen LogP contribution in [0.5, 0.6) is 0 Å². The number of thiophene rings is 1. The van der Waals surface area contributed by atoms with Crippen LogP contribution in [0.25, 0.3) is 21.3 Å². The molecule has 0 bridgehead atoms. The second-order valence-corrected chi connectivity index (χ2v) is 7.77. The van der Waals surface area contributed by atoms with Crippen molar-refractivity contribution in [2.75, 3.05) is 18.1 Å². The smallest absolute Gasteiger partial charge is 0.254 e. The van der Waals surface area contributed by atoms with Crippen LogP contribution in [0.1, 0.15) is 20.8 Å². The number of rotatable bonds is 5. The zero-order valence-electron chi connectivity index (χ0n) is 16.1. The van der Waals surface area contributed by atoms with Gasteiger partial charge in [-0.25, -0.2) is 15.0 Å². The van der Waals surface area contributed by atoms with Crippen LogP contribution >= 0.6 is 11.3 Å². The van der Waals surface area contributed by atoms with Gasteiger partial charge in [0.05, 0.1) is 17.6 Å². The Hall–Kier alpha value is -3.52. The van der Waals surface area contributed by atoms with Crippen LogP contribution in [0.15, 0.2) is 48.9 Å². The molecule has 0 aliphatic rings. The molecule has 0 saturated carbocycles. The van der Waals surface area contributed by atoms with Crippen LogP contribution in [-0.2, 0) is 6.54 Å². The van der Waals surface area contributed by atoms with Gasteiger partial charge < -0.3 is 16.4 Å². The molecular formula is C21H20N6OS. The van der Waals surface area contributed by atoms with Gasteiger partial charge >= 0.3 is 0 Å². The maximum atomic E-state index is 12.1. The Bertz CT molecular complexity index is 1200. The van der Waals surface area contributed by atoms with E-state index in [0.717, 1.165) is 31.8 Å². The Morgan fingerprint density at radius 3 is 2.83 bits per heavy atom. The van der Waals surface area contributed by atoms with Gasteiger partial charge in [0.1, 0.15) is 18.0 Å². The lowest BCUT2D eigenvalue weighted by atomic mass is 10.1. The molecule has 0 aliphatic heterocycles. The van der Waals surface area contributed by atoms with E-state index in [2.05, 4.69) is 37.7 Å². The lowest BCUT2D eigenvalue weighted by molar-refractivity contribution is 0.0963. The third-order valence-corrected chi connectivity index (χ3v) is 5.67. The number of hydrogen-bond donors (Lipinski definition) is 3. The molecule has 146 valence electrons. The van der Waals surface area contributed by atoms with E-state index < -0.39 is 0 Å². The molecule has 3 heterocycles. The van der Waals surface area contributed by atoms with Crippen molar-refractivity contribution in [1.29, 1.82) is 0 Å². The monoisotopic (exact) mass is 404 g/mol. The van der Waals surface area contributed by atoms with Gasteiger partial charge in [-0.05, 0) is 48.4 Å². The molecule has 3 aromatic heterocycles. The molecule has 4 rings (SSSR count). The van der Waals surface area contributed by atoms with Crippen LogP contribution in [0.4, 0.5) is 11.6 Å². The molecule has 4 aromatic rings. The van der Waals surface area contributed by atoms with Gasteiger partial charge in [-0.15, -0.1) is 11.3 Å². The van der Waals surface area contributed by atoms with Gasteiger partial charge in [0.25, 0.3) is 5.91 Å². The van der Waals surface area contributed by atoms with Crippen molar-refractivity contribution in [3.63, 3.8) is 0 Å². The van der Waals surface area contributed by atoms with Crippen molar-refractivity contribution < 1.29 is 4.79 Å². The second-order valence-electron chi connectivity index (χ2n) is 6.60. The molecule has 1 aromatic carbocycles. The van der Waals surface area contributed by atoms with Crippen molar-refractivity contribution in [3.05, 3.63) is 64.9 Å². The summed E-state index contributed by atoms with van der Waals surface area (Å²) in [5.74, 6) is 0.884. The lowest BCUT2D eigenvalue weighted by Gasteiger charge is -2.10. The highest BCUT2D eigenvalue weighted by Gasteiger charge is 2.12. The first-order chi connectivity index (χ1) is 14.0. The highest BCUT2D eigenvalue weighted by Crippen LogP contribution is 2.31. The Morgan fingerprint density at radius 2 is 2.00 bits per heavy atom. The van der Waals surface area contributed by atoms with Crippen molar-refractivity contribution in [2.24, 2.45) is 0 Å². The van der Waals surface area contributed by atoms with Gasteiger partial charge in [0.2, 0.25) is 0 Å². The van der Waals surface area contributed by atoms with E-state index in [1.54, 1.807) is 24.6 Å². The average molecular weight is 404 g/mol. The van der Waals surface area contributed by atoms with Crippen molar-refractivity contribution in [3.8, 4) is 10.4 Å². The molecule has 4 N–H and O–H groups in total. The SMILES string of the molecule is CNC(=O)c1cc(C)cnc1NCc1ccc(-c2ccc3ncnc(N)c3c2)s1. The molecule has 0 radical (unpaired) electrons. The van der Waals surface area contributed by atoms with Gasteiger partial charge in [0, 0.05) is 28.4 Å². The fourth-order valence-electron chi connectivity index (χ4n) is 3.05. The van der Waals surface area contributed by atoms with Gasteiger partial charge in [-0.3, -0.25) is 4.79 Å². The number of nitrogen functional groups attached to an aromatic ring is 1. The minimum absolute atomic E-state index is 0.161. The Morgan fingerprint density at radius 1 is 1.14 bits per heavy atom. The number of aromatic nitrogens is 3. The maximum absolute atomic E-state index is 12.1. The number of aryl methyl sites for hydroxylation is 1. The third kappa shape index (κ3) is 3.88. The number of carbonyl (C=O) groups is 1. The number of benzene rings is 1. The summed E-state index contributed by atoms with van der Waals surface area (Å²) in [7, 11) is 1.61. The van der Waals surface area contributed by atoms with E-state index in [1.807, 2.05) is 31.2 Å². The second kappa shape index (κ2) is 7.84. The van der Waals surface area contributed by atoms with Gasteiger partial charge in [-0.1, -0.05) is 6.07 Å². The number of anilines is 2. The molecule has 1 amide bonds. The van der Waals surface area contributed by atoms with E-state index in [-0.39, 0.29) is 5.91 Å². The predicted molar refractivity (Wildman–Crippen MR) is 117 cm³/mol. The van der Waals surface area contributed by atoms with Crippen molar-refractivity contribution in [2.45, 2.75) is 13.5 Å². The molecule has 8 heteroatoms. The highest BCUT2D eigenvalue weighted by molar-refractivity contribution is 7.15. The molecule has 0 atom stereocenters. The number of hydrogen-bond acceptors (Lipinski definition) is 7. The molecule has 29 heavy (non-hydrogen) atoms. The van der Waals surface area contributed by atoms with Crippen molar-refractivity contribution in [1.82, 2.24) is 20.3 Å². The molecule has 0 saturated heterocycles. The average Bonchev–Trinajstić information content (AvgIpc) is 3.21. The van der Waals surface area contributed by atoms with E-state index in [1.165, 1.54) is 6.33 Å². The summed E-state index contributed by atoms with van der Waals surface area (Å²) >= 11 is 1.67. The fourth-order valence-corrected chi connectivity index (χ4v) is 3.99. The highest BCUT2D eigenvalue weighted by atomic mass is 32.1. The van der Waals surface area contributed by atoms with Crippen LogP contribution in [0.3, 0.4) is 0 Å². The number of carbonyl (C=O) groups excluding carboxylic acids is 1. The summed E-state index contributed by atoms with van der Waals surface area (Å²) in [6.45, 7) is 2.49. The number of amides is 1. The van der Waals surface area contributed by atoms with Crippen LogP contribution in [-0.4, -0.2) is 27.9 Å². The van der Waals surface area contributed by atoms with E-state index in [9.17, 15) is 4.79 Å². The van der Waals surface area contributed by atoms with Crippen molar-refractivity contribution >= 4 is 39.8 Å². The Kier molecular flexibility index (Phi) is 5.09. The Labute approximate surface area is 172 Å². The maximum Gasteiger partial charge on any atom is 0.254 e. The summed E-state index contributed by atoms with van der Waals surface area (Å²) < 4.78 is 0. The number of pyridine rings is 1. The largest absolute Gasteiger partial charge is 0.383 e. The van der Waals surface area contributed by atoms with Crippen LogP contribution < -0.4 is 16.4 Å². The molecule has 0 unspecified atom stereocenters. The summed E-state index contributed by atoms with van der Waals surface area (Å²) in [4.78, 5) is 27.0. The van der Waals surface area contributed by atoms with E-state index >= 15 is 0 Å². The van der Waals surface area contributed by atoms with E-state index in [4.69, 9.17) is 5.73 Å². The minimum Gasteiger partial charge on any atom is -0.383 e. The predicted octanol–water partition coefficient (Wildman–Crippen LogP) is 3.62. The zero-order valence-corrected chi connectivity index (χ0v) is 16.9. The first-order valence-corrected chi connectivity index (χ1v) is 9.88. The molecular weight excluding hydrogens is 384 g/mol. The summed E-state index contributed by atoms with van der Waals surface area (Å²) in [5, 5.41) is 6.77. The van der Waals surface area contributed by atoms with Crippen LogP contribution in [0, 0.1) is 6.92 Å². The number of nitrogens with zero attached hydrogens (tertiary/aromatic N) is 3. The summed E-state index contributed by atoms with van der Waals surface area (Å²) in [5.41, 5.74) is 9.35. The third-order valence-electron chi connectivity index (χ3n) is 4.54. The normalized spacial score (nSPS) is 10.8. The summed E-state index contributed by atoms with van der Waals surface area (Å²) in [6, 6.07) is 12.0. The number of nitrogens with two attached hydrogens (primary N) is 1. The summed E-state index contributed by atoms with van der Waals surface area (Å²) in [6.07, 6.45) is 3.22. The molecule has 0 fully saturated rings. The first kappa shape index (κ1) is 18.8. The van der Waals surface area contributed by atoms with Crippen LogP contribution in [0.2, 0.25) is 0 Å². The number of nitrogens with one attached hydrogen (secondary N) is 2. The first-order valence-electron chi connectivity index (χ1n) is 9.07. The molecule has 0 spiro atoms. The van der Waals surface area contributed by atoms with Gasteiger partial charge in [-0.2, -0.15) is 0 Å². The number of fused-ring (bicyclic) bond motifs is 1. The van der Waals surface area contributed by atoms with Gasteiger partial charge in [0.15, 0.2) is 0 Å². The standard InChI is InChI=1S/C21H20N6OS/c1-12-7-16(21(28)23-2)20(24-9-12)25-10-14-4-6-18(29-14)13-3-5-17-15(8-13)19(22)27-11-26-17/h3-9,11H,10H2,1-2H3,(H,23,28)(H,24,25)(H2,22,26,27). The van der Waals surface area contributed by atoms with E-state index in [0.29, 0.717) is 23.7 Å². The molecule has 0 aliphatic carbocycles. The lowest BCUT2D eigenvalue weighted by Crippen LogP contribution is -2.20. The quantitative estimate of drug-likeness (QED) is 0.469. The zero-order chi connectivity index (χ0) is 20.4.